The van der Waals surface area contributed by atoms with E-state index in [1.54, 1.807) is 0 Å². The highest BCUT2D eigenvalue weighted by Crippen LogP contribution is 2.33. The second kappa shape index (κ2) is 5.44. The van der Waals surface area contributed by atoms with Crippen molar-refractivity contribution in [3.63, 3.8) is 0 Å². The highest BCUT2D eigenvalue weighted by molar-refractivity contribution is 9.09. The van der Waals surface area contributed by atoms with Crippen LogP contribution in [0.1, 0.15) is 31.2 Å². The van der Waals surface area contributed by atoms with E-state index in [1.165, 1.54) is 48.4 Å². The summed E-state index contributed by atoms with van der Waals surface area (Å²) in [6, 6.07) is 15.5. The van der Waals surface area contributed by atoms with Crippen molar-refractivity contribution in [1.82, 2.24) is 0 Å². The molecule has 0 nitrogen and oxygen atoms in total. The normalized spacial score (nSPS) is 24.3. The largest absolute Gasteiger partial charge is 0.0888 e. The zero-order valence-corrected chi connectivity index (χ0v) is 12.2. The molecule has 1 saturated carbocycles. The quantitative estimate of drug-likeness (QED) is 0.657. The Morgan fingerprint density at radius 3 is 2.61 bits per heavy atom. The molecule has 1 fully saturated rings. The van der Waals surface area contributed by atoms with Crippen molar-refractivity contribution in [2.24, 2.45) is 5.92 Å². The number of rotatable bonds is 2. The zero-order chi connectivity index (χ0) is 12.4. The van der Waals surface area contributed by atoms with Crippen LogP contribution >= 0.6 is 15.9 Å². The van der Waals surface area contributed by atoms with E-state index in [1.807, 2.05) is 0 Å². The summed E-state index contributed by atoms with van der Waals surface area (Å²) in [7, 11) is 0. The van der Waals surface area contributed by atoms with Crippen LogP contribution in [0.2, 0.25) is 0 Å². The van der Waals surface area contributed by atoms with Crippen LogP contribution in [0.3, 0.4) is 0 Å². The van der Waals surface area contributed by atoms with Gasteiger partial charge in [-0.05, 0) is 41.5 Å². The molecule has 0 aliphatic heterocycles. The van der Waals surface area contributed by atoms with E-state index < -0.39 is 0 Å². The second-order valence-electron chi connectivity index (χ2n) is 5.40. The molecule has 1 heteroatoms. The number of benzene rings is 2. The predicted octanol–water partition coefficient (Wildman–Crippen LogP) is 5.34. The van der Waals surface area contributed by atoms with Gasteiger partial charge in [0.05, 0.1) is 0 Å². The Morgan fingerprint density at radius 1 is 0.944 bits per heavy atom. The Balaban J connectivity index is 1.90. The molecule has 0 spiro atoms. The molecule has 0 heterocycles. The fraction of sp³-hybridized carbons (Fsp3) is 0.412. The van der Waals surface area contributed by atoms with Gasteiger partial charge in [0.2, 0.25) is 0 Å². The number of hydrogen-bond donors (Lipinski definition) is 0. The summed E-state index contributed by atoms with van der Waals surface area (Å²) in [5.41, 5.74) is 1.52. The number of hydrogen-bond acceptors (Lipinski definition) is 0. The first-order chi connectivity index (χ1) is 8.84. The van der Waals surface area contributed by atoms with Crippen molar-refractivity contribution in [3.05, 3.63) is 48.0 Å². The lowest BCUT2D eigenvalue weighted by Crippen LogP contribution is -2.21. The van der Waals surface area contributed by atoms with Gasteiger partial charge in [-0.3, -0.25) is 0 Å². The van der Waals surface area contributed by atoms with Crippen LogP contribution in [0.25, 0.3) is 10.8 Å². The molecule has 0 bridgehead atoms. The summed E-state index contributed by atoms with van der Waals surface area (Å²) >= 11 is 3.88. The van der Waals surface area contributed by atoms with E-state index in [4.69, 9.17) is 0 Å². The standard InChI is InChI=1S/C17H19Br/c18-17-11-4-2-7-15(17)12-14-9-5-8-13-6-1-3-10-16(13)14/h1,3,5-6,8-10,15,17H,2,4,7,11-12H2. The van der Waals surface area contributed by atoms with E-state index in [-0.39, 0.29) is 0 Å². The van der Waals surface area contributed by atoms with Crippen molar-refractivity contribution in [2.75, 3.05) is 0 Å². The zero-order valence-electron chi connectivity index (χ0n) is 10.6. The average Bonchev–Trinajstić information content (AvgIpc) is 2.42. The summed E-state index contributed by atoms with van der Waals surface area (Å²) in [6.45, 7) is 0. The Kier molecular flexibility index (Phi) is 3.69. The highest BCUT2D eigenvalue weighted by atomic mass is 79.9. The minimum atomic E-state index is 0.713. The van der Waals surface area contributed by atoms with Gasteiger partial charge in [-0.25, -0.2) is 0 Å². The second-order valence-corrected chi connectivity index (χ2v) is 6.58. The maximum atomic E-state index is 3.88. The molecule has 2 aromatic carbocycles. The molecule has 2 unspecified atom stereocenters. The third-order valence-corrected chi connectivity index (χ3v) is 5.38. The van der Waals surface area contributed by atoms with Crippen molar-refractivity contribution < 1.29 is 0 Å². The van der Waals surface area contributed by atoms with Gasteiger partial charge in [-0.15, -0.1) is 0 Å². The molecule has 2 atom stereocenters. The Labute approximate surface area is 118 Å². The number of fused-ring (bicyclic) bond motifs is 1. The number of halogens is 1. The smallest absolute Gasteiger partial charge is 0.0177 e. The fourth-order valence-electron chi connectivity index (χ4n) is 3.15. The Morgan fingerprint density at radius 2 is 1.72 bits per heavy atom. The van der Waals surface area contributed by atoms with Crippen molar-refractivity contribution >= 4 is 26.7 Å². The first kappa shape index (κ1) is 12.2. The summed E-state index contributed by atoms with van der Waals surface area (Å²) in [5.74, 6) is 0.810. The molecule has 0 saturated heterocycles. The molecule has 0 aromatic heterocycles. The van der Waals surface area contributed by atoms with E-state index in [0.29, 0.717) is 4.83 Å². The maximum Gasteiger partial charge on any atom is 0.0177 e. The monoisotopic (exact) mass is 302 g/mol. The predicted molar refractivity (Wildman–Crippen MR) is 82.3 cm³/mol. The molecular formula is C17H19Br. The van der Waals surface area contributed by atoms with Crippen LogP contribution in [0.4, 0.5) is 0 Å². The summed E-state index contributed by atoms with van der Waals surface area (Å²) in [5, 5.41) is 2.81. The van der Waals surface area contributed by atoms with E-state index in [9.17, 15) is 0 Å². The average molecular weight is 303 g/mol. The van der Waals surface area contributed by atoms with Crippen LogP contribution in [-0.2, 0) is 6.42 Å². The molecule has 0 radical (unpaired) electrons. The minimum absolute atomic E-state index is 0.713. The van der Waals surface area contributed by atoms with E-state index in [2.05, 4.69) is 58.4 Å². The van der Waals surface area contributed by atoms with Gasteiger partial charge in [0.25, 0.3) is 0 Å². The Hall–Kier alpha value is -0.820. The van der Waals surface area contributed by atoms with Crippen molar-refractivity contribution in [1.29, 1.82) is 0 Å². The SMILES string of the molecule is BrC1CCCCC1Cc1cccc2ccccc12. The van der Waals surface area contributed by atoms with Gasteiger partial charge in [0.1, 0.15) is 0 Å². The summed E-state index contributed by atoms with van der Waals surface area (Å²) < 4.78 is 0. The molecule has 1 aliphatic rings. The van der Waals surface area contributed by atoms with Gasteiger partial charge in [0.15, 0.2) is 0 Å². The molecule has 2 aromatic rings. The lowest BCUT2D eigenvalue weighted by atomic mass is 9.83. The van der Waals surface area contributed by atoms with Crippen molar-refractivity contribution in [3.8, 4) is 0 Å². The van der Waals surface area contributed by atoms with E-state index in [0.717, 1.165) is 5.92 Å². The molecule has 94 valence electrons. The van der Waals surface area contributed by atoms with Gasteiger partial charge >= 0.3 is 0 Å². The molecule has 0 amide bonds. The van der Waals surface area contributed by atoms with Crippen LogP contribution in [-0.4, -0.2) is 4.83 Å². The van der Waals surface area contributed by atoms with Gasteiger partial charge in [0, 0.05) is 4.83 Å². The first-order valence-electron chi connectivity index (χ1n) is 6.95. The van der Waals surface area contributed by atoms with Crippen LogP contribution in [0, 0.1) is 5.92 Å². The lowest BCUT2D eigenvalue weighted by Gasteiger charge is -2.27. The molecule has 0 N–H and O–H groups in total. The van der Waals surface area contributed by atoms with Gasteiger partial charge in [-0.1, -0.05) is 71.2 Å². The summed E-state index contributed by atoms with van der Waals surface area (Å²) in [4.78, 5) is 0.713. The van der Waals surface area contributed by atoms with Crippen LogP contribution in [0.5, 0.6) is 0 Å². The molecule has 3 rings (SSSR count). The highest BCUT2D eigenvalue weighted by Gasteiger charge is 2.23. The fourth-order valence-corrected chi connectivity index (χ4v) is 3.92. The Bertz CT molecular complexity index is 527. The molecule has 1 aliphatic carbocycles. The lowest BCUT2D eigenvalue weighted by molar-refractivity contribution is 0.374. The van der Waals surface area contributed by atoms with Gasteiger partial charge in [-0.2, -0.15) is 0 Å². The van der Waals surface area contributed by atoms with Crippen molar-refractivity contribution in [2.45, 2.75) is 36.9 Å². The first-order valence-corrected chi connectivity index (χ1v) is 7.87. The molecule has 18 heavy (non-hydrogen) atoms. The topological polar surface area (TPSA) is 0 Å². The molecular weight excluding hydrogens is 284 g/mol. The third kappa shape index (κ3) is 2.47. The minimum Gasteiger partial charge on any atom is -0.0888 e. The van der Waals surface area contributed by atoms with Crippen LogP contribution in [0.15, 0.2) is 42.5 Å². The third-order valence-electron chi connectivity index (χ3n) is 4.18. The van der Waals surface area contributed by atoms with Crippen LogP contribution < -0.4 is 0 Å². The van der Waals surface area contributed by atoms with Gasteiger partial charge < -0.3 is 0 Å². The van der Waals surface area contributed by atoms with E-state index >= 15 is 0 Å². The summed E-state index contributed by atoms with van der Waals surface area (Å²) in [6.07, 6.45) is 6.73. The maximum absolute atomic E-state index is 3.88. The number of alkyl halides is 1.